The fourth-order valence-electron chi connectivity index (χ4n) is 2.41. The summed E-state index contributed by atoms with van der Waals surface area (Å²) in [5.41, 5.74) is 0.577. The fourth-order valence-corrected chi connectivity index (χ4v) is 2.54. The molecule has 3 aromatic rings. The van der Waals surface area contributed by atoms with Crippen molar-refractivity contribution in [3.8, 4) is 17.1 Å². The van der Waals surface area contributed by atoms with Crippen LogP contribution in [0.3, 0.4) is 0 Å². The average Bonchev–Trinajstić information content (AvgIpc) is 2.66. The van der Waals surface area contributed by atoms with E-state index < -0.39 is 17.2 Å². The molecule has 3 rings (SSSR count). The third kappa shape index (κ3) is 4.10. The SMILES string of the molecule is O=C(NCCc1ccc(Cl)cc1)c1nc(-c2ccccc2)[nH]c(=O)c1O. The van der Waals surface area contributed by atoms with Crippen molar-refractivity contribution in [2.24, 2.45) is 0 Å². The molecule has 0 radical (unpaired) electrons. The van der Waals surface area contributed by atoms with Crippen LogP contribution in [0.2, 0.25) is 5.02 Å². The maximum atomic E-state index is 12.3. The van der Waals surface area contributed by atoms with E-state index in [1.807, 2.05) is 18.2 Å². The first-order valence-corrected chi connectivity index (χ1v) is 8.34. The molecule has 2 aromatic carbocycles. The summed E-state index contributed by atoms with van der Waals surface area (Å²) in [4.78, 5) is 30.8. The topological polar surface area (TPSA) is 95.1 Å². The first-order valence-electron chi connectivity index (χ1n) is 7.96. The molecular formula is C19H16ClN3O3. The standard InChI is InChI=1S/C19H16ClN3O3/c20-14-8-6-12(7-9-14)10-11-21-18(25)15-16(24)19(26)23-17(22-15)13-4-2-1-3-5-13/h1-9,24H,10-11H2,(H,21,25)(H,22,23,26). The van der Waals surface area contributed by atoms with Gasteiger partial charge >= 0.3 is 0 Å². The zero-order valence-corrected chi connectivity index (χ0v) is 14.5. The summed E-state index contributed by atoms with van der Waals surface area (Å²) in [5, 5.41) is 13.2. The molecule has 0 unspecified atom stereocenters. The van der Waals surface area contributed by atoms with Crippen molar-refractivity contribution in [2.45, 2.75) is 6.42 Å². The van der Waals surface area contributed by atoms with E-state index >= 15 is 0 Å². The summed E-state index contributed by atoms with van der Waals surface area (Å²) in [7, 11) is 0. The van der Waals surface area contributed by atoms with Gasteiger partial charge in [0, 0.05) is 17.1 Å². The number of hydrogen-bond donors (Lipinski definition) is 3. The summed E-state index contributed by atoms with van der Waals surface area (Å²) in [5.74, 6) is -1.09. The van der Waals surface area contributed by atoms with E-state index in [0.717, 1.165) is 5.56 Å². The van der Waals surface area contributed by atoms with Crippen molar-refractivity contribution >= 4 is 17.5 Å². The lowest BCUT2D eigenvalue weighted by atomic mass is 10.1. The highest BCUT2D eigenvalue weighted by Crippen LogP contribution is 2.16. The van der Waals surface area contributed by atoms with Crippen LogP contribution < -0.4 is 10.9 Å². The quantitative estimate of drug-likeness (QED) is 0.644. The van der Waals surface area contributed by atoms with Gasteiger partial charge in [0.25, 0.3) is 11.5 Å². The Bertz CT molecular complexity index is 970. The molecule has 7 heteroatoms. The molecule has 26 heavy (non-hydrogen) atoms. The minimum Gasteiger partial charge on any atom is -0.501 e. The van der Waals surface area contributed by atoms with Gasteiger partial charge in [-0.25, -0.2) is 4.98 Å². The Morgan fingerprint density at radius 2 is 1.81 bits per heavy atom. The predicted molar refractivity (Wildman–Crippen MR) is 99.4 cm³/mol. The van der Waals surface area contributed by atoms with Crippen LogP contribution in [-0.2, 0) is 6.42 Å². The zero-order valence-electron chi connectivity index (χ0n) is 13.7. The van der Waals surface area contributed by atoms with Gasteiger partial charge in [-0.2, -0.15) is 0 Å². The molecule has 6 nitrogen and oxygen atoms in total. The molecule has 1 heterocycles. The van der Waals surface area contributed by atoms with E-state index in [4.69, 9.17) is 11.6 Å². The zero-order chi connectivity index (χ0) is 18.5. The van der Waals surface area contributed by atoms with Crippen LogP contribution in [0.25, 0.3) is 11.4 Å². The van der Waals surface area contributed by atoms with Gasteiger partial charge in [-0.15, -0.1) is 0 Å². The van der Waals surface area contributed by atoms with Crippen molar-refractivity contribution in [3.05, 3.63) is 81.2 Å². The lowest BCUT2D eigenvalue weighted by Gasteiger charge is -2.08. The van der Waals surface area contributed by atoms with Crippen molar-refractivity contribution in [2.75, 3.05) is 6.54 Å². The maximum Gasteiger partial charge on any atom is 0.294 e. The molecule has 1 amide bonds. The second-order valence-electron chi connectivity index (χ2n) is 5.61. The number of aromatic nitrogens is 2. The molecule has 0 atom stereocenters. The highest BCUT2D eigenvalue weighted by molar-refractivity contribution is 6.30. The second kappa shape index (κ2) is 7.84. The van der Waals surface area contributed by atoms with Gasteiger partial charge in [0.2, 0.25) is 5.75 Å². The average molecular weight is 370 g/mol. The van der Waals surface area contributed by atoms with E-state index in [-0.39, 0.29) is 11.5 Å². The molecule has 0 saturated heterocycles. The Balaban J connectivity index is 1.75. The first-order chi connectivity index (χ1) is 12.5. The lowest BCUT2D eigenvalue weighted by Crippen LogP contribution is -2.28. The highest BCUT2D eigenvalue weighted by atomic mass is 35.5. The number of aromatic amines is 1. The van der Waals surface area contributed by atoms with E-state index in [0.29, 0.717) is 23.6 Å². The molecule has 1 aromatic heterocycles. The summed E-state index contributed by atoms with van der Waals surface area (Å²) < 4.78 is 0. The maximum absolute atomic E-state index is 12.3. The number of aromatic hydroxyl groups is 1. The van der Waals surface area contributed by atoms with Crippen LogP contribution in [0.5, 0.6) is 5.75 Å². The number of carbonyl (C=O) groups is 1. The molecule has 0 fully saturated rings. The van der Waals surface area contributed by atoms with Crippen LogP contribution in [-0.4, -0.2) is 27.5 Å². The van der Waals surface area contributed by atoms with E-state index in [2.05, 4.69) is 15.3 Å². The highest BCUT2D eigenvalue weighted by Gasteiger charge is 2.18. The van der Waals surface area contributed by atoms with E-state index in [1.165, 1.54) is 0 Å². The molecule has 0 saturated carbocycles. The van der Waals surface area contributed by atoms with Gasteiger partial charge < -0.3 is 15.4 Å². The molecule has 132 valence electrons. The lowest BCUT2D eigenvalue weighted by molar-refractivity contribution is 0.0946. The molecule has 3 N–H and O–H groups in total. The largest absolute Gasteiger partial charge is 0.501 e. The molecule has 0 aliphatic carbocycles. The van der Waals surface area contributed by atoms with Gasteiger partial charge in [-0.1, -0.05) is 54.1 Å². The van der Waals surface area contributed by atoms with Crippen molar-refractivity contribution in [1.29, 1.82) is 0 Å². The Kier molecular flexibility index (Phi) is 5.34. The molecule has 0 spiro atoms. The van der Waals surface area contributed by atoms with E-state index in [9.17, 15) is 14.7 Å². The van der Waals surface area contributed by atoms with Gasteiger partial charge in [0.1, 0.15) is 5.82 Å². The third-order valence-corrected chi connectivity index (χ3v) is 4.02. The van der Waals surface area contributed by atoms with Crippen LogP contribution in [0.4, 0.5) is 0 Å². The van der Waals surface area contributed by atoms with E-state index in [1.54, 1.807) is 36.4 Å². The van der Waals surface area contributed by atoms with Crippen molar-refractivity contribution in [3.63, 3.8) is 0 Å². The third-order valence-electron chi connectivity index (χ3n) is 3.77. The molecule has 0 aliphatic heterocycles. The minimum absolute atomic E-state index is 0.219. The summed E-state index contributed by atoms with van der Waals surface area (Å²) in [6.45, 7) is 0.328. The Hall–Kier alpha value is -3.12. The van der Waals surface area contributed by atoms with Gasteiger partial charge in [-0.3, -0.25) is 9.59 Å². The smallest absolute Gasteiger partial charge is 0.294 e. The number of hydrogen-bond acceptors (Lipinski definition) is 4. The van der Waals surface area contributed by atoms with Gasteiger partial charge in [-0.05, 0) is 24.1 Å². The number of rotatable bonds is 5. The second-order valence-corrected chi connectivity index (χ2v) is 6.05. The summed E-state index contributed by atoms with van der Waals surface area (Å²) >= 11 is 5.84. The van der Waals surface area contributed by atoms with Crippen molar-refractivity contribution < 1.29 is 9.90 Å². The Morgan fingerprint density at radius 1 is 1.12 bits per heavy atom. The van der Waals surface area contributed by atoms with Crippen LogP contribution in [0.1, 0.15) is 16.1 Å². The van der Waals surface area contributed by atoms with Crippen LogP contribution >= 0.6 is 11.6 Å². The number of nitrogens with zero attached hydrogens (tertiary/aromatic N) is 1. The van der Waals surface area contributed by atoms with Crippen molar-refractivity contribution in [1.82, 2.24) is 15.3 Å². The fraction of sp³-hybridized carbons (Fsp3) is 0.105. The summed E-state index contributed by atoms with van der Waals surface area (Å²) in [6, 6.07) is 16.2. The Labute approximate surface area is 154 Å². The first kappa shape index (κ1) is 17.7. The number of amides is 1. The molecule has 0 bridgehead atoms. The van der Waals surface area contributed by atoms with Gasteiger partial charge in [0.15, 0.2) is 5.69 Å². The minimum atomic E-state index is -0.762. The number of halogens is 1. The predicted octanol–water partition coefficient (Wildman–Crippen LogP) is 2.77. The van der Waals surface area contributed by atoms with Gasteiger partial charge in [0.05, 0.1) is 0 Å². The number of carbonyl (C=O) groups excluding carboxylic acids is 1. The van der Waals surface area contributed by atoms with Crippen LogP contribution in [0.15, 0.2) is 59.4 Å². The Morgan fingerprint density at radius 3 is 2.50 bits per heavy atom. The normalized spacial score (nSPS) is 10.5. The van der Waals surface area contributed by atoms with Crippen LogP contribution in [0, 0.1) is 0 Å². The number of H-pyrrole nitrogens is 1. The summed E-state index contributed by atoms with van der Waals surface area (Å²) in [6.07, 6.45) is 0.582. The molecular weight excluding hydrogens is 354 g/mol. The monoisotopic (exact) mass is 369 g/mol. The number of nitrogens with one attached hydrogen (secondary N) is 2. The molecule has 0 aliphatic rings. The number of benzene rings is 2.